The van der Waals surface area contributed by atoms with Crippen LogP contribution in [0.15, 0.2) is 182 Å². The topological polar surface area (TPSA) is 72.6 Å². The van der Waals surface area contributed by atoms with Crippen molar-refractivity contribution in [1.29, 1.82) is 0 Å². The molecule has 0 saturated carbocycles. The van der Waals surface area contributed by atoms with Crippen LogP contribution in [0.25, 0.3) is 89.4 Å². The lowest BCUT2D eigenvalue weighted by Gasteiger charge is -2.21. The monoisotopic (exact) mass is 810 g/mol. The van der Waals surface area contributed by atoms with E-state index in [-0.39, 0.29) is 0 Å². The van der Waals surface area contributed by atoms with E-state index in [1.54, 1.807) is 28.4 Å². The van der Waals surface area contributed by atoms with Gasteiger partial charge in [0.15, 0.2) is 11.6 Å². The van der Waals surface area contributed by atoms with Crippen LogP contribution >= 0.6 is 0 Å². The van der Waals surface area contributed by atoms with Gasteiger partial charge >= 0.3 is 0 Å². The lowest BCUT2D eigenvalue weighted by molar-refractivity contribution is 0.414. The molecule has 0 spiro atoms. The van der Waals surface area contributed by atoms with Crippen LogP contribution in [-0.2, 0) is 0 Å². The molecule has 0 amide bonds. The van der Waals surface area contributed by atoms with Gasteiger partial charge in [-0.3, -0.25) is 0 Å². The highest BCUT2D eigenvalue weighted by Gasteiger charge is 2.31. The van der Waals surface area contributed by atoms with E-state index in [4.69, 9.17) is 28.9 Å². The second kappa shape index (κ2) is 16.2. The minimum atomic E-state index is 0.706. The van der Waals surface area contributed by atoms with Gasteiger partial charge < -0.3 is 18.9 Å². The number of hydrogen-bond acceptors (Lipinski definition) is 6. The van der Waals surface area contributed by atoms with Crippen molar-refractivity contribution in [3.05, 3.63) is 182 Å². The van der Waals surface area contributed by atoms with Gasteiger partial charge in [-0.25, -0.2) is 19.3 Å². The van der Waals surface area contributed by atoms with E-state index in [0.717, 1.165) is 89.2 Å². The van der Waals surface area contributed by atoms with Crippen LogP contribution in [0.3, 0.4) is 0 Å². The SMILES string of the molecule is COc1cccc(-c2nc(-c3cccc4ccccc34)n(-n3c(-c4cccc5ccccc45)nc(-c4cccc(OC)c4)c3-c3cccc(OC)c3)c2-c2cccc(OC)c2)c1. The van der Waals surface area contributed by atoms with Crippen LogP contribution in [0.4, 0.5) is 0 Å². The van der Waals surface area contributed by atoms with Gasteiger partial charge in [-0.15, -0.1) is 0 Å². The Labute approximate surface area is 359 Å². The zero-order valence-electron chi connectivity index (χ0n) is 34.7. The molecule has 302 valence electrons. The Hall–Kier alpha value is -8.10. The molecule has 0 aliphatic heterocycles. The smallest absolute Gasteiger partial charge is 0.161 e. The van der Waals surface area contributed by atoms with Crippen molar-refractivity contribution >= 4 is 21.5 Å². The number of hydrogen-bond donors (Lipinski definition) is 0. The summed E-state index contributed by atoms with van der Waals surface area (Å²) in [5.74, 6) is 4.27. The zero-order valence-corrected chi connectivity index (χ0v) is 34.7. The quantitative estimate of drug-likeness (QED) is 0.130. The van der Waals surface area contributed by atoms with Gasteiger partial charge in [-0.2, -0.15) is 0 Å². The van der Waals surface area contributed by atoms with E-state index < -0.39 is 0 Å². The Morgan fingerprint density at radius 2 is 0.661 bits per heavy atom. The maximum absolute atomic E-state index is 5.90. The molecule has 0 unspecified atom stereocenters. The van der Waals surface area contributed by atoms with E-state index in [1.165, 1.54) is 0 Å². The van der Waals surface area contributed by atoms with Crippen LogP contribution in [0, 0.1) is 0 Å². The lowest BCUT2D eigenvalue weighted by Crippen LogP contribution is -2.16. The molecule has 10 aromatic rings. The minimum Gasteiger partial charge on any atom is -0.497 e. The third-order valence-corrected chi connectivity index (χ3v) is 11.3. The Balaban J connectivity index is 1.47. The summed E-state index contributed by atoms with van der Waals surface area (Å²) in [5, 5.41) is 4.29. The molecular weight excluding hydrogens is 769 g/mol. The maximum Gasteiger partial charge on any atom is 0.161 e. The van der Waals surface area contributed by atoms with Crippen molar-refractivity contribution in [3.8, 4) is 90.8 Å². The predicted octanol–water partition coefficient (Wildman–Crippen LogP) is 12.7. The largest absolute Gasteiger partial charge is 0.497 e. The van der Waals surface area contributed by atoms with Crippen LogP contribution in [-0.4, -0.2) is 47.8 Å². The first-order chi connectivity index (χ1) is 30.6. The van der Waals surface area contributed by atoms with Crippen molar-refractivity contribution < 1.29 is 18.9 Å². The number of benzene rings is 8. The molecule has 62 heavy (non-hydrogen) atoms. The van der Waals surface area contributed by atoms with E-state index in [9.17, 15) is 0 Å². The van der Waals surface area contributed by atoms with E-state index in [1.807, 2.05) is 60.7 Å². The van der Waals surface area contributed by atoms with Crippen LogP contribution in [0.2, 0.25) is 0 Å². The van der Waals surface area contributed by atoms with Gasteiger partial charge in [0, 0.05) is 33.4 Å². The number of nitrogens with zero attached hydrogens (tertiary/aromatic N) is 4. The molecule has 2 heterocycles. The Morgan fingerprint density at radius 3 is 1.05 bits per heavy atom. The lowest BCUT2D eigenvalue weighted by atomic mass is 10.0. The average molecular weight is 811 g/mol. The van der Waals surface area contributed by atoms with Crippen LogP contribution < -0.4 is 18.9 Å². The second-order valence-corrected chi connectivity index (χ2v) is 14.9. The molecule has 0 aliphatic rings. The van der Waals surface area contributed by atoms with Gasteiger partial charge in [0.25, 0.3) is 0 Å². The molecule has 0 saturated heterocycles. The fourth-order valence-corrected chi connectivity index (χ4v) is 8.41. The van der Waals surface area contributed by atoms with Crippen molar-refractivity contribution in [2.75, 3.05) is 28.4 Å². The van der Waals surface area contributed by atoms with Crippen LogP contribution in [0.5, 0.6) is 23.0 Å². The number of aromatic nitrogens is 4. The summed E-state index contributed by atoms with van der Waals surface area (Å²) in [5.41, 5.74) is 8.55. The van der Waals surface area contributed by atoms with Gasteiger partial charge in [-0.05, 0) is 70.1 Å². The summed E-state index contributed by atoms with van der Waals surface area (Å²) >= 11 is 0. The third-order valence-electron chi connectivity index (χ3n) is 11.3. The average Bonchev–Trinajstić information content (AvgIpc) is 3.93. The number of fused-ring (bicyclic) bond motifs is 2. The predicted molar refractivity (Wildman–Crippen MR) is 249 cm³/mol. The third kappa shape index (κ3) is 6.68. The number of imidazole rings is 2. The normalized spacial score (nSPS) is 11.2. The van der Waals surface area contributed by atoms with Crippen molar-refractivity contribution in [3.63, 3.8) is 0 Å². The number of methoxy groups -OCH3 is 4. The van der Waals surface area contributed by atoms with Gasteiger partial charge in [0.1, 0.15) is 23.0 Å². The molecule has 0 fully saturated rings. The first-order valence-electron chi connectivity index (χ1n) is 20.4. The summed E-state index contributed by atoms with van der Waals surface area (Å²) in [6.07, 6.45) is 0. The molecule has 0 bridgehead atoms. The molecule has 2 aromatic heterocycles. The standard InChI is InChI=1S/C54H42N4O4/c1-59-41-23-9-19-37(31-41)49-51(39-21-11-25-43(33-39)61-3)57(53(55-49)47-29-13-17-35-15-5-7-27-45(35)47)58-52(40-22-12-26-44(34-40)62-4)50(38-20-10-24-42(32-38)60-2)56-54(58)48-30-14-18-36-16-6-8-28-46(36)48/h5-34H,1-4H3. The molecule has 8 nitrogen and oxygen atoms in total. The van der Waals surface area contributed by atoms with Crippen molar-refractivity contribution in [1.82, 2.24) is 19.3 Å². The van der Waals surface area contributed by atoms with E-state index in [0.29, 0.717) is 23.1 Å². The Kier molecular flexibility index (Phi) is 9.94. The highest BCUT2D eigenvalue weighted by molar-refractivity contribution is 5.99. The molecule has 8 heteroatoms. The molecule has 0 atom stereocenters. The summed E-state index contributed by atoms with van der Waals surface area (Å²) in [6, 6.07) is 62.1. The molecule has 0 N–H and O–H groups in total. The molecule has 8 aromatic carbocycles. The van der Waals surface area contributed by atoms with E-state index in [2.05, 4.69) is 131 Å². The van der Waals surface area contributed by atoms with Gasteiger partial charge in [0.2, 0.25) is 0 Å². The summed E-state index contributed by atoms with van der Waals surface area (Å²) in [7, 11) is 6.75. The van der Waals surface area contributed by atoms with Crippen LogP contribution in [0.1, 0.15) is 0 Å². The molecular formula is C54H42N4O4. The second-order valence-electron chi connectivity index (χ2n) is 14.9. The first-order valence-corrected chi connectivity index (χ1v) is 20.4. The highest BCUT2D eigenvalue weighted by atomic mass is 16.5. The Bertz CT molecular complexity index is 3040. The molecule has 0 radical (unpaired) electrons. The number of ether oxygens (including phenoxy) is 4. The van der Waals surface area contributed by atoms with Gasteiger partial charge in [0.05, 0.1) is 51.2 Å². The molecule has 0 aliphatic carbocycles. The zero-order chi connectivity index (χ0) is 42.2. The first kappa shape index (κ1) is 38.1. The van der Waals surface area contributed by atoms with E-state index >= 15 is 0 Å². The summed E-state index contributed by atoms with van der Waals surface area (Å²) in [4.78, 5) is 11.5. The summed E-state index contributed by atoms with van der Waals surface area (Å²) in [6.45, 7) is 0. The summed E-state index contributed by atoms with van der Waals surface area (Å²) < 4.78 is 27.9. The minimum absolute atomic E-state index is 0.706. The number of rotatable bonds is 11. The fourth-order valence-electron chi connectivity index (χ4n) is 8.41. The van der Waals surface area contributed by atoms with Gasteiger partial charge in [-0.1, -0.05) is 133 Å². The highest BCUT2D eigenvalue weighted by Crippen LogP contribution is 2.46. The fraction of sp³-hybridized carbons (Fsp3) is 0.0741. The maximum atomic E-state index is 5.90. The molecule has 10 rings (SSSR count). The Morgan fingerprint density at radius 1 is 0.339 bits per heavy atom. The van der Waals surface area contributed by atoms with Crippen molar-refractivity contribution in [2.45, 2.75) is 0 Å². The van der Waals surface area contributed by atoms with Crippen molar-refractivity contribution in [2.24, 2.45) is 0 Å².